The molecule has 2 aromatic carbocycles. The third kappa shape index (κ3) is 3.94. The Morgan fingerprint density at radius 1 is 1.09 bits per heavy atom. The summed E-state index contributed by atoms with van der Waals surface area (Å²) in [4.78, 5) is 31.1. The molecule has 0 fully saturated rings. The summed E-state index contributed by atoms with van der Waals surface area (Å²) in [5.74, 6) is 0.256. The van der Waals surface area contributed by atoms with Crippen molar-refractivity contribution in [3.63, 3.8) is 0 Å². The van der Waals surface area contributed by atoms with Crippen LogP contribution in [-0.4, -0.2) is 24.8 Å². The van der Waals surface area contributed by atoms with Crippen molar-refractivity contribution in [1.82, 2.24) is 4.57 Å². The summed E-state index contributed by atoms with van der Waals surface area (Å²) in [6, 6.07) is 16.5. The van der Waals surface area contributed by atoms with Gasteiger partial charge in [0.1, 0.15) is 5.75 Å². The van der Waals surface area contributed by atoms with E-state index in [1.807, 2.05) is 66.7 Å². The number of para-hydroxylation sites is 1. The molecule has 3 aromatic rings. The van der Waals surface area contributed by atoms with Crippen molar-refractivity contribution >= 4 is 29.5 Å². The molecule has 0 amide bonds. The molecule has 1 aliphatic rings. The minimum absolute atomic E-state index is 0.207. The number of carbonyl (C=O) groups excluding carboxylic acids is 1. The van der Waals surface area contributed by atoms with E-state index >= 15 is 0 Å². The predicted octanol–water partition coefficient (Wildman–Crippen LogP) is 3.08. The normalized spacial score (nSPS) is 16.1. The van der Waals surface area contributed by atoms with E-state index in [4.69, 9.17) is 9.47 Å². The zero-order chi connectivity index (χ0) is 22.7. The quantitative estimate of drug-likeness (QED) is 0.565. The third-order valence-corrected chi connectivity index (χ3v) is 6.21. The van der Waals surface area contributed by atoms with E-state index in [1.54, 1.807) is 24.7 Å². The van der Waals surface area contributed by atoms with Crippen molar-refractivity contribution in [2.45, 2.75) is 13.0 Å². The molecule has 1 aromatic heterocycles. The van der Waals surface area contributed by atoms with Gasteiger partial charge >= 0.3 is 5.97 Å². The number of fused-ring (bicyclic) bond motifs is 1. The Bertz CT molecular complexity index is 1400. The first-order valence-corrected chi connectivity index (χ1v) is 10.8. The van der Waals surface area contributed by atoms with Gasteiger partial charge in [-0.2, -0.15) is 0 Å². The summed E-state index contributed by atoms with van der Waals surface area (Å²) in [5.41, 5.74) is 2.43. The molecule has 0 aliphatic carbocycles. The number of esters is 1. The van der Waals surface area contributed by atoms with Gasteiger partial charge in [0.05, 0.1) is 36.1 Å². The van der Waals surface area contributed by atoms with Gasteiger partial charge in [-0.1, -0.05) is 72.0 Å². The smallest absolute Gasteiger partial charge is 0.338 e. The number of nitrogens with zero attached hydrogens (tertiary/aromatic N) is 2. The van der Waals surface area contributed by atoms with Gasteiger partial charge < -0.3 is 9.47 Å². The van der Waals surface area contributed by atoms with Crippen LogP contribution < -0.4 is 19.6 Å². The maximum atomic E-state index is 13.4. The first-order valence-electron chi connectivity index (χ1n) is 10.0. The van der Waals surface area contributed by atoms with Crippen LogP contribution in [0.25, 0.3) is 12.2 Å². The molecule has 162 valence electrons. The standard InChI is InChI=1S/C25H22N2O4S/c1-16-21(24(29)31-3)22(18-11-5-4-6-12-18)27-23(28)20(32-25(27)26-16)15-9-13-17-10-7-8-14-19(17)30-2/h4-15,22H,1-3H3/b13-9+,20-15+/t22-/m0/s1. The summed E-state index contributed by atoms with van der Waals surface area (Å²) >= 11 is 1.29. The number of methoxy groups -OCH3 is 2. The van der Waals surface area contributed by atoms with Crippen LogP contribution in [0, 0.1) is 0 Å². The van der Waals surface area contributed by atoms with E-state index in [0.717, 1.165) is 16.9 Å². The van der Waals surface area contributed by atoms with Crippen LogP contribution in [0.5, 0.6) is 5.75 Å². The molecular weight excluding hydrogens is 424 g/mol. The molecule has 6 nitrogen and oxygen atoms in total. The first kappa shape index (κ1) is 21.5. The maximum absolute atomic E-state index is 13.4. The number of aromatic nitrogens is 1. The molecule has 1 aliphatic heterocycles. The maximum Gasteiger partial charge on any atom is 0.338 e. The van der Waals surface area contributed by atoms with Crippen LogP contribution in [0.3, 0.4) is 0 Å². The first-order chi connectivity index (χ1) is 15.5. The minimum atomic E-state index is -0.597. The Balaban J connectivity index is 1.85. The highest BCUT2D eigenvalue weighted by atomic mass is 32.1. The fourth-order valence-electron chi connectivity index (χ4n) is 3.70. The summed E-state index contributed by atoms with van der Waals surface area (Å²) in [6.45, 7) is 1.76. The van der Waals surface area contributed by atoms with Crippen molar-refractivity contribution in [3.8, 4) is 5.75 Å². The highest BCUT2D eigenvalue weighted by Gasteiger charge is 2.32. The average molecular weight is 447 g/mol. The lowest BCUT2D eigenvalue weighted by Crippen LogP contribution is -2.39. The molecule has 0 bridgehead atoms. The molecule has 4 rings (SSSR count). The van der Waals surface area contributed by atoms with E-state index in [1.165, 1.54) is 18.4 Å². The Kier molecular flexibility index (Phi) is 6.18. The average Bonchev–Trinajstić information content (AvgIpc) is 3.13. The molecule has 0 N–H and O–H groups in total. The molecular formula is C25H22N2O4S. The van der Waals surface area contributed by atoms with Crippen LogP contribution in [0.2, 0.25) is 0 Å². The van der Waals surface area contributed by atoms with Crippen molar-refractivity contribution in [3.05, 3.63) is 103 Å². The Morgan fingerprint density at radius 2 is 1.81 bits per heavy atom. The second-order valence-electron chi connectivity index (χ2n) is 7.11. The summed E-state index contributed by atoms with van der Waals surface area (Å²) in [6.07, 6.45) is 5.46. The minimum Gasteiger partial charge on any atom is -0.496 e. The molecule has 0 spiro atoms. The lowest BCUT2D eigenvalue weighted by Gasteiger charge is -2.24. The number of hydrogen-bond donors (Lipinski definition) is 0. The number of carbonyl (C=O) groups is 1. The second-order valence-corrected chi connectivity index (χ2v) is 8.12. The highest BCUT2D eigenvalue weighted by molar-refractivity contribution is 7.07. The van der Waals surface area contributed by atoms with Gasteiger partial charge in [0, 0.05) is 5.56 Å². The van der Waals surface area contributed by atoms with Crippen molar-refractivity contribution in [2.24, 2.45) is 4.99 Å². The van der Waals surface area contributed by atoms with Crippen molar-refractivity contribution in [1.29, 1.82) is 0 Å². The number of ether oxygens (including phenoxy) is 2. The van der Waals surface area contributed by atoms with Gasteiger partial charge in [-0.15, -0.1) is 0 Å². The molecule has 0 saturated carbocycles. The molecule has 1 atom stereocenters. The molecule has 7 heteroatoms. The van der Waals surface area contributed by atoms with Gasteiger partial charge in [-0.25, -0.2) is 9.79 Å². The number of benzene rings is 2. The van der Waals surface area contributed by atoms with E-state index in [9.17, 15) is 9.59 Å². The summed E-state index contributed by atoms with van der Waals surface area (Å²) in [7, 11) is 2.95. The molecule has 0 radical (unpaired) electrons. The largest absolute Gasteiger partial charge is 0.496 e. The van der Waals surface area contributed by atoms with Crippen LogP contribution in [-0.2, 0) is 9.53 Å². The van der Waals surface area contributed by atoms with E-state index < -0.39 is 12.0 Å². The van der Waals surface area contributed by atoms with Gasteiger partial charge in [-0.3, -0.25) is 9.36 Å². The van der Waals surface area contributed by atoms with Crippen molar-refractivity contribution in [2.75, 3.05) is 14.2 Å². The monoisotopic (exact) mass is 446 g/mol. The van der Waals surface area contributed by atoms with Gasteiger partial charge in [0.25, 0.3) is 5.56 Å². The van der Waals surface area contributed by atoms with Crippen LogP contribution in [0.4, 0.5) is 0 Å². The Morgan fingerprint density at radius 3 is 2.53 bits per heavy atom. The van der Waals surface area contributed by atoms with E-state index in [-0.39, 0.29) is 5.56 Å². The summed E-state index contributed by atoms with van der Waals surface area (Å²) in [5, 5.41) is 0. The Labute approximate surface area is 189 Å². The topological polar surface area (TPSA) is 69.9 Å². The number of thiazole rings is 1. The fourth-order valence-corrected chi connectivity index (χ4v) is 4.70. The second kappa shape index (κ2) is 9.20. The number of rotatable bonds is 5. The van der Waals surface area contributed by atoms with Crippen LogP contribution in [0.15, 0.2) is 81.7 Å². The predicted molar refractivity (Wildman–Crippen MR) is 125 cm³/mol. The Hall–Kier alpha value is -3.71. The van der Waals surface area contributed by atoms with Gasteiger partial charge in [-0.05, 0) is 24.6 Å². The molecule has 0 saturated heterocycles. The SMILES string of the molecule is COC(=O)C1=C(C)N=c2s/c(=C/C=C/c3ccccc3OC)c(=O)n2[C@H]1c1ccccc1. The molecule has 2 heterocycles. The van der Waals surface area contributed by atoms with Gasteiger partial charge in [0.2, 0.25) is 0 Å². The van der Waals surface area contributed by atoms with Crippen LogP contribution >= 0.6 is 11.3 Å². The van der Waals surface area contributed by atoms with E-state index in [2.05, 4.69) is 4.99 Å². The van der Waals surface area contributed by atoms with Gasteiger partial charge in [0.15, 0.2) is 4.80 Å². The molecule has 0 unspecified atom stereocenters. The zero-order valence-corrected chi connectivity index (χ0v) is 18.8. The lowest BCUT2D eigenvalue weighted by molar-refractivity contribution is -0.136. The number of hydrogen-bond acceptors (Lipinski definition) is 6. The van der Waals surface area contributed by atoms with E-state index in [0.29, 0.717) is 20.6 Å². The third-order valence-electron chi connectivity index (χ3n) is 5.20. The highest BCUT2D eigenvalue weighted by Crippen LogP contribution is 2.30. The van der Waals surface area contributed by atoms with Crippen LogP contribution in [0.1, 0.15) is 24.1 Å². The van der Waals surface area contributed by atoms with Crippen molar-refractivity contribution < 1.29 is 14.3 Å². The fraction of sp³-hybridized carbons (Fsp3) is 0.160. The summed E-state index contributed by atoms with van der Waals surface area (Å²) < 4.78 is 12.5. The zero-order valence-electron chi connectivity index (χ0n) is 17.9. The molecule has 32 heavy (non-hydrogen) atoms. The lowest BCUT2D eigenvalue weighted by atomic mass is 9.96. The number of allylic oxidation sites excluding steroid dienone is 2.